The van der Waals surface area contributed by atoms with Gasteiger partial charge in [-0.15, -0.1) is 0 Å². The molecular weight excluding hydrogens is 246 g/mol. The van der Waals surface area contributed by atoms with Crippen molar-refractivity contribution in [1.82, 2.24) is 4.98 Å². The Morgan fingerprint density at radius 3 is 2.70 bits per heavy atom. The van der Waals surface area contributed by atoms with Gasteiger partial charge in [-0.25, -0.2) is 0 Å². The van der Waals surface area contributed by atoms with Crippen molar-refractivity contribution in [3.8, 4) is 0 Å². The predicted octanol–water partition coefficient (Wildman–Crippen LogP) is 3.74. The molecule has 2 aromatic carbocycles. The number of hydrogen-bond acceptors (Lipinski definition) is 1. The molecule has 0 saturated heterocycles. The summed E-state index contributed by atoms with van der Waals surface area (Å²) < 4.78 is 0. The molecule has 0 fully saturated rings. The first-order valence-corrected chi connectivity index (χ1v) is 7.16. The third-order valence-corrected chi connectivity index (χ3v) is 4.42. The van der Waals surface area contributed by atoms with Crippen LogP contribution in [0, 0.1) is 0 Å². The van der Waals surface area contributed by atoms with Crippen molar-refractivity contribution in [2.45, 2.75) is 24.9 Å². The van der Waals surface area contributed by atoms with Gasteiger partial charge in [-0.3, -0.25) is 0 Å². The van der Waals surface area contributed by atoms with Crippen LogP contribution in [0.25, 0.3) is 10.9 Å². The van der Waals surface area contributed by atoms with Crippen molar-refractivity contribution in [1.29, 1.82) is 0 Å². The average molecular weight is 263 g/mol. The maximum absolute atomic E-state index is 11.3. The van der Waals surface area contributed by atoms with E-state index in [1.54, 1.807) is 0 Å². The van der Waals surface area contributed by atoms with Crippen LogP contribution >= 0.6 is 0 Å². The highest BCUT2D eigenvalue weighted by molar-refractivity contribution is 5.80. The van der Waals surface area contributed by atoms with Crippen LogP contribution in [0.4, 0.5) is 0 Å². The molecule has 0 bridgehead atoms. The molecular formula is C18H17NO. The first-order chi connectivity index (χ1) is 9.77. The second kappa shape index (κ2) is 4.22. The van der Waals surface area contributed by atoms with Crippen LogP contribution in [0.1, 0.15) is 29.7 Å². The summed E-state index contributed by atoms with van der Waals surface area (Å²) in [6, 6.07) is 18.5. The third kappa shape index (κ3) is 1.61. The van der Waals surface area contributed by atoms with Gasteiger partial charge in [0.25, 0.3) is 0 Å². The predicted molar refractivity (Wildman–Crippen MR) is 80.7 cm³/mol. The summed E-state index contributed by atoms with van der Waals surface area (Å²) in [6.45, 7) is 0. The lowest BCUT2D eigenvalue weighted by atomic mass is 9.77. The van der Waals surface area contributed by atoms with E-state index < -0.39 is 5.60 Å². The van der Waals surface area contributed by atoms with E-state index in [1.807, 2.05) is 18.2 Å². The standard InChI is InChI=1S/C18H17NO/c20-18(11-5-8-13-6-1-3-9-15(13)18)17-12-14-7-2-4-10-16(14)19-17/h1-4,6-7,9-10,12,19-20H,5,8,11H2. The van der Waals surface area contributed by atoms with Crippen molar-refractivity contribution >= 4 is 10.9 Å². The first-order valence-electron chi connectivity index (χ1n) is 7.16. The zero-order valence-electron chi connectivity index (χ0n) is 11.3. The molecule has 2 nitrogen and oxygen atoms in total. The molecule has 1 aromatic heterocycles. The first kappa shape index (κ1) is 11.7. The van der Waals surface area contributed by atoms with Crippen LogP contribution in [0.3, 0.4) is 0 Å². The second-order valence-electron chi connectivity index (χ2n) is 5.64. The Labute approximate surface area is 118 Å². The van der Waals surface area contributed by atoms with E-state index in [2.05, 4.69) is 41.4 Å². The number of aromatic nitrogens is 1. The molecule has 0 saturated carbocycles. The molecule has 1 aliphatic rings. The Bertz CT molecular complexity index is 741. The Morgan fingerprint density at radius 2 is 1.80 bits per heavy atom. The highest BCUT2D eigenvalue weighted by Gasteiger charge is 2.37. The molecule has 1 heterocycles. The largest absolute Gasteiger partial charge is 0.379 e. The summed E-state index contributed by atoms with van der Waals surface area (Å²) in [5, 5.41) is 12.4. The molecule has 20 heavy (non-hydrogen) atoms. The molecule has 0 amide bonds. The smallest absolute Gasteiger partial charge is 0.129 e. The number of H-pyrrole nitrogens is 1. The van der Waals surface area contributed by atoms with E-state index in [1.165, 1.54) is 5.56 Å². The van der Waals surface area contributed by atoms with Gasteiger partial charge in [0.2, 0.25) is 0 Å². The fourth-order valence-corrected chi connectivity index (χ4v) is 3.39. The Kier molecular flexibility index (Phi) is 2.48. The summed E-state index contributed by atoms with van der Waals surface area (Å²) in [7, 11) is 0. The lowest BCUT2D eigenvalue weighted by Crippen LogP contribution is -2.32. The highest BCUT2D eigenvalue weighted by Crippen LogP contribution is 2.40. The van der Waals surface area contributed by atoms with Crippen molar-refractivity contribution < 1.29 is 5.11 Å². The van der Waals surface area contributed by atoms with Gasteiger partial charge in [0, 0.05) is 5.52 Å². The summed E-state index contributed by atoms with van der Waals surface area (Å²) in [5.74, 6) is 0. The Morgan fingerprint density at radius 1 is 1.00 bits per heavy atom. The van der Waals surface area contributed by atoms with Gasteiger partial charge >= 0.3 is 0 Å². The lowest BCUT2D eigenvalue weighted by molar-refractivity contribution is 0.0579. The van der Waals surface area contributed by atoms with Gasteiger partial charge in [0.1, 0.15) is 5.60 Å². The SMILES string of the molecule is OC1(c2cc3ccccc3[nH]2)CCCc2ccccc21. The van der Waals surface area contributed by atoms with Crippen LogP contribution in [-0.2, 0) is 12.0 Å². The van der Waals surface area contributed by atoms with E-state index in [9.17, 15) is 5.11 Å². The quantitative estimate of drug-likeness (QED) is 0.689. The summed E-state index contributed by atoms with van der Waals surface area (Å²) in [6.07, 6.45) is 2.85. The van der Waals surface area contributed by atoms with E-state index in [0.717, 1.165) is 41.4 Å². The zero-order valence-corrected chi connectivity index (χ0v) is 11.3. The Hall–Kier alpha value is -2.06. The molecule has 1 aliphatic carbocycles. The monoisotopic (exact) mass is 263 g/mol. The molecule has 3 aromatic rings. The van der Waals surface area contributed by atoms with Crippen molar-refractivity contribution in [3.05, 3.63) is 71.4 Å². The number of aryl methyl sites for hydroxylation is 1. The second-order valence-corrected chi connectivity index (χ2v) is 5.64. The van der Waals surface area contributed by atoms with Gasteiger partial charge < -0.3 is 10.1 Å². The average Bonchev–Trinajstić information content (AvgIpc) is 2.92. The van der Waals surface area contributed by atoms with Gasteiger partial charge in [-0.05, 0) is 47.9 Å². The van der Waals surface area contributed by atoms with Crippen LogP contribution in [0.2, 0.25) is 0 Å². The van der Waals surface area contributed by atoms with E-state index in [-0.39, 0.29) is 0 Å². The van der Waals surface area contributed by atoms with Crippen LogP contribution in [0.5, 0.6) is 0 Å². The number of para-hydroxylation sites is 1. The summed E-state index contributed by atoms with van der Waals surface area (Å²) >= 11 is 0. The minimum absolute atomic E-state index is 0.775. The molecule has 4 rings (SSSR count). The van der Waals surface area contributed by atoms with E-state index in [4.69, 9.17) is 0 Å². The molecule has 0 aliphatic heterocycles. The number of aliphatic hydroxyl groups is 1. The number of fused-ring (bicyclic) bond motifs is 2. The molecule has 2 heteroatoms. The summed E-state index contributed by atoms with van der Waals surface area (Å²) in [5.41, 5.74) is 3.43. The molecule has 100 valence electrons. The molecule has 0 radical (unpaired) electrons. The maximum atomic E-state index is 11.3. The lowest BCUT2D eigenvalue weighted by Gasteiger charge is -2.33. The van der Waals surface area contributed by atoms with Gasteiger partial charge in [0.05, 0.1) is 5.69 Å². The topological polar surface area (TPSA) is 36.0 Å². The molecule has 0 spiro atoms. The fourth-order valence-electron chi connectivity index (χ4n) is 3.39. The molecule has 1 unspecified atom stereocenters. The highest BCUT2D eigenvalue weighted by atomic mass is 16.3. The number of rotatable bonds is 1. The minimum Gasteiger partial charge on any atom is -0.379 e. The molecule has 2 N–H and O–H groups in total. The normalized spacial score (nSPS) is 21.9. The molecule has 1 atom stereocenters. The fraction of sp³-hybridized carbons (Fsp3) is 0.222. The summed E-state index contributed by atoms with van der Waals surface area (Å²) in [4.78, 5) is 3.40. The van der Waals surface area contributed by atoms with Crippen molar-refractivity contribution in [3.63, 3.8) is 0 Å². The van der Waals surface area contributed by atoms with Crippen molar-refractivity contribution in [2.75, 3.05) is 0 Å². The van der Waals surface area contributed by atoms with Gasteiger partial charge in [-0.2, -0.15) is 0 Å². The van der Waals surface area contributed by atoms with E-state index in [0.29, 0.717) is 0 Å². The number of hydrogen-bond donors (Lipinski definition) is 2. The van der Waals surface area contributed by atoms with Gasteiger partial charge in [-0.1, -0.05) is 42.5 Å². The van der Waals surface area contributed by atoms with Gasteiger partial charge in [0.15, 0.2) is 0 Å². The van der Waals surface area contributed by atoms with Crippen LogP contribution < -0.4 is 0 Å². The number of nitrogens with one attached hydrogen (secondary N) is 1. The number of aromatic amines is 1. The van der Waals surface area contributed by atoms with Crippen LogP contribution in [-0.4, -0.2) is 10.1 Å². The van der Waals surface area contributed by atoms with Crippen molar-refractivity contribution in [2.24, 2.45) is 0 Å². The maximum Gasteiger partial charge on any atom is 0.129 e. The minimum atomic E-state index is -0.881. The third-order valence-electron chi connectivity index (χ3n) is 4.42. The number of benzene rings is 2. The van der Waals surface area contributed by atoms with Crippen LogP contribution in [0.15, 0.2) is 54.6 Å². The zero-order chi connectivity index (χ0) is 13.6. The van der Waals surface area contributed by atoms with E-state index >= 15 is 0 Å². The Balaban J connectivity index is 1.92.